The minimum Gasteiger partial charge on any atom is -0.398 e. The summed E-state index contributed by atoms with van der Waals surface area (Å²) in [4.78, 5) is 13.0. The van der Waals surface area contributed by atoms with E-state index in [2.05, 4.69) is 4.72 Å². The van der Waals surface area contributed by atoms with Crippen molar-refractivity contribution < 1.29 is 17.6 Å². The SMILES string of the molecule is CC(CN1CCCC1=O)NS(=O)(=O)c1ccc(F)cc1N. The van der Waals surface area contributed by atoms with Gasteiger partial charge in [0.1, 0.15) is 10.7 Å². The quantitative estimate of drug-likeness (QED) is 0.782. The molecule has 3 N–H and O–H groups in total. The number of nitrogen functional groups attached to an aromatic ring is 1. The van der Waals surface area contributed by atoms with Gasteiger partial charge in [0.05, 0.1) is 5.69 Å². The Morgan fingerprint density at radius 1 is 1.48 bits per heavy atom. The van der Waals surface area contributed by atoms with Crippen molar-refractivity contribution in [3.63, 3.8) is 0 Å². The Morgan fingerprint density at radius 2 is 2.19 bits per heavy atom. The first kappa shape index (κ1) is 15.7. The van der Waals surface area contributed by atoms with Gasteiger partial charge in [-0.15, -0.1) is 0 Å². The average Bonchev–Trinajstić information content (AvgIpc) is 2.73. The molecule has 1 unspecified atom stereocenters. The minimum absolute atomic E-state index is 0.0299. The molecular formula is C13H18FN3O3S. The molecule has 0 spiro atoms. The van der Waals surface area contributed by atoms with E-state index in [1.165, 1.54) is 0 Å². The number of rotatable bonds is 5. The number of benzene rings is 1. The molecule has 1 amide bonds. The van der Waals surface area contributed by atoms with Crippen LogP contribution >= 0.6 is 0 Å². The first-order valence-corrected chi connectivity index (χ1v) is 8.13. The molecule has 1 aromatic carbocycles. The van der Waals surface area contributed by atoms with Gasteiger partial charge in [-0.3, -0.25) is 4.79 Å². The van der Waals surface area contributed by atoms with E-state index in [1.54, 1.807) is 11.8 Å². The summed E-state index contributed by atoms with van der Waals surface area (Å²) in [5.74, 6) is -0.565. The molecule has 6 nitrogen and oxygen atoms in total. The summed E-state index contributed by atoms with van der Waals surface area (Å²) in [6.07, 6.45) is 1.30. The van der Waals surface area contributed by atoms with Gasteiger partial charge in [0.25, 0.3) is 0 Å². The maximum Gasteiger partial charge on any atom is 0.242 e. The van der Waals surface area contributed by atoms with Gasteiger partial charge in [-0.1, -0.05) is 0 Å². The fourth-order valence-electron chi connectivity index (χ4n) is 2.36. The van der Waals surface area contributed by atoms with Crippen LogP contribution in [0.5, 0.6) is 0 Å². The monoisotopic (exact) mass is 315 g/mol. The van der Waals surface area contributed by atoms with Gasteiger partial charge in [0.15, 0.2) is 0 Å². The van der Waals surface area contributed by atoms with Crippen LogP contribution in [0.4, 0.5) is 10.1 Å². The molecule has 1 saturated heterocycles. The van der Waals surface area contributed by atoms with Crippen molar-refractivity contribution in [3.8, 4) is 0 Å². The Labute approximate surface area is 123 Å². The van der Waals surface area contributed by atoms with Gasteiger partial charge in [0.2, 0.25) is 15.9 Å². The van der Waals surface area contributed by atoms with Crippen LogP contribution < -0.4 is 10.5 Å². The number of sulfonamides is 1. The van der Waals surface area contributed by atoms with E-state index in [4.69, 9.17) is 5.73 Å². The summed E-state index contributed by atoms with van der Waals surface area (Å²) in [5.41, 5.74) is 5.40. The summed E-state index contributed by atoms with van der Waals surface area (Å²) >= 11 is 0. The first-order valence-electron chi connectivity index (χ1n) is 6.65. The fourth-order valence-corrected chi connectivity index (χ4v) is 3.70. The highest BCUT2D eigenvalue weighted by Crippen LogP contribution is 2.19. The second kappa shape index (κ2) is 5.98. The third-order valence-corrected chi connectivity index (χ3v) is 4.95. The molecule has 0 bridgehead atoms. The smallest absolute Gasteiger partial charge is 0.242 e. The van der Waals surface area contributed by atoms with Gasteiger partial charge < -0.3 is 10.6 Å². The summed E-state index contributed by atoms with van der Waals surface area (Å²) < 4.78 is 39.9. The van der Waals surface area contributed by atoms with E-state index < -0.39 is 21.9 Å². The molecule has 0 radical (unpaired) electrons. The largest absolute Gasteiger partial charge is 0.398 e. The highest BCUT2D eigenvalue weighted by Gasteiger charge is 2.25. The Morgan fingerprint density at radius 3 is 2.76 bits per heavy atom. The number of amides is 1. The van der Waals surface area contributed by atoms with E-state index in [0.717, 1.165) is 24.6 Å². The van der Waals surface area contributed by atoms with Crippen molar-refractivity contribution in [2.75, 3.05) is 18.8 Å². The molecule has 21 heavy (non-hydrogen) atoms. The Kier molecular flexibility index (Phi) is 4.48. The van der Waals surface area contributed by atoms with Crippen LogP contribution in [0.2, 0.25) is 0 Å². The zero-order valence-corrected chi connectivity index (χ0v) is 12.5. The Bertz CT molecular complexity index is 648. The fraction of sp³-hybridized carbons (Fsp3) is 0.462. The molecule has 1 aliphatic heterocycles. The van der Waals surface area contributed by atoms with Crippen LogP contribution in [0.3, 0.4) is 0 Å². The van der Waals surface area contributed by atoms with Crippen LogP contribution in [0.25, 0.3) is 0 Å². The van der Waals surface area contributed by atoms with Crippen LogP contribution in [0, 0.1) is 5.82 Å². The van der Waals surface area contributed by atoms with Crippen molar-refractivity contribution in [1.82, 2.24) is 9.62 Å². The summed E-state index contributed by atoms with van der Waals surface area (Å²) in [6, 6.07) is 2.67. The molecule has 116 valence electrons. The number of hydrogen-bond donors (Lipinski definition) is 2. The number of halogens is 1. The normalized spacial score (nSPS) is 17.2. The Hall–Kier alpha value is -1.67. The van der Waals surface area contributed by atoms with E-state index in [-0.39, 0.29) is 16.5 Å². The first-order chi connectivity index (χ1) is 9.79. The zero-order valence-electron chi connectivity index (χ0n) is 11.7. The van der Waals surface area contributed by atoms with Gasteiger partial charge in [0, 0.05) is 25.6 Å². The van der Waals surface area contributed by atoms with Crippen molar-refractivity contribution in [2.24, 2.45) is 0 Å². The lowest BCUT2D eigenvalue weighted by Crippen LogP contribution is -2.42. The second-order valence-electron chi connectivity index (χ2n) is 5.15. The highest BCUT2D eigenvalue weighted by atomic mass is 32.2. The van der Waals surface area contributed by atoms with Gasteiger partial charge in [-0.25, -0.2) is 17.5 Å². The number of hydrogen-bond acceptors (Lipinski definition) is 4. The number of carbonyl (C=O) groups is 1. The summed E-state index contributed by atoms with van der Waals surface area (Å²) in [7, 11) is -3.85. The lowest BCUT2D eigenvalue weighted by atomic mass is 10.3. The Balaban J connectivity index is 2.08. The highest BCUT2D eigenvalue weighted by molar-refractivity contribution is 7.89. The number of nitrogens with two attached hydrogens (primary N) is 1. The zero-order chi connectivity index (χ0) is 15.6. The van der Waals surface area contributed by atoms with Gasteiger partial charge >= 0.3 is 0 Å². The van der Waals surface area contributed by atoms with Gasteiger partial charge in [-0.2, -0.15) is 0 Å². The predicted octanol–water partition coefficient (Wildman–Crippen LogP) is 0.697. The molecule has 1 aliphatic rings. The molecule has 8 heteroatoms. The number of carbonyl (C=O) groups excluding carboxylic acids is 1. The standard InChI is InChI=1S/C13H18FN3O3S/c1-9(8-17-6-2-3-13(17)18)16-21(19,20)12-5-4-10(14)7-11(12)15/h4-5,7,9,16H,2-3,6,8,15H2,1H3. The van der Waals surface area contributed by atoms with Crippen molar-refractivity contribution in [1.29, 1.82) is 0 Å². The van der Waals surface area contributed by atoms with Gasteiger partial charge in [-0.05, 0) is 31.5 Å². The number of likely N-dealkylation sites (tertiary alicyclic amines) is 1. The second-order valence-corrected chi connectivity index (χ2v) is 6.83. The number of anilines is 1. The lowest BCUT2D eigenvalue weighted by molar-refractivity contribution is -0.127. The summed E-state index contributed by atoms with van der Waals surface area (Å²) in [6.45, 7) is 2.62. The van der Waals surface area contributed by atoms with Crippen LogP contribution in [-0.2, 0) is 14.8 Å². The summed E-state index contributed by atoms with van der Waals surface area (Å²) in [5, 5.41) is 0. The molecule has 1 heterocycles. The molecule has 0 aromatic heterocycles. The van der Waals surface area contributed by atoms with Crippen molar-refractivity contribution in [2.45, 2.75) is 30.7 Å². The van der Waals surface area contributed by atoms with E-state index in [9.17, 15) is 17.6 Å². The third-order valence-electron chi connectivity index (χ3n) is 3.28. The molecule has 1 fully saturated rings. The maximum atomic E-state index is 13.0. The van der Waals surface area contributed by atoms with Crippen LogP contribution in [0.15, 0.2) is 23.1 Å². The molecule has 1 aromatic rings. The maximum absolute atomic E-state index is 13.0. The molecular weight excluding hydrogens is 297 g/mol. The molecule has 2 rings (SSSR count). The molecule has 0 aliphatic carbocycles. The van der Waals surface area contributed by atoms with Crippen molar-refractivity contribution in [3.05, 3.63) is 24.0 Å². The van der Waals surface area contributed by atoms with E-state index in [0.29, 0.717) is 19.5 Å². The minimum atomic E-state index is -3.85. The number of nitrogens with one attached hydrogen (secondary N) is 1. The number of nitrogens with zero attached hydrogens (tertiary/aromatic N) is 1. The van der Waals surface area contributed by atoms with Crippen LogP contribution in [0.1, 0.15) is 19.8 Å². The van der Waals surface area contributed by atoms with Crippen molar-refractivity contribution >= 4 is 21.6 Å². The average molecular weight is 315 g/mol. The van der Waals surface area contributed by atoms with Crippen LogP contribution in [-0.4, -0.2) is 38.4 Å². The molecule has 1 atom stereocenters. The topological polar surface area (TPSA) is 92.5 Å². The van der Waals surface area contributed by atoms with E-state index in [1.807, 2.05) is 0 Å². The lowest BCUT2D eigenvalue weighted by Gasteiger charge is -2.21. The predicted molar refractivity (Wildman–Crippen MR) is 76.4 cm³/mol. The molecule has 0 saturated carbocycles. The van der Waals surface area contributed by atoms with E-state index >= 15 is 0 Å². The third kappa shape index (κ3) is 3.70.